The first kappa shape index (κ1) is 22.0. The van der Waals surface area contributed by atoms with Crippen LogP contribution < -0.4 is 5.32 Å². The molecule has 1 heterocycles. The first-order chi connectivity index (χ1) is 15.5. The van der Waals surface area contributed by atoms with Crippen LogP contribution in [-0.4, -0.2) is 54.7 Å². The van der Waals surface area contributed by atoms with Gasteiger partial charge in [-0.1, -0.05) is 42.5 Å². The van der Waals surface area contributed by atoms with E-state index < -0.39 is 6.09 Å². The fourth-order valence-electron chi connectivity index (χ4n) is 4.66. The van der Waals surface area contributed by atoms with Crippen molar-refractivity contribution in [3.8, 4) is 0 Å². The van der Waals surface area contributed by atoms with Crippen molar-refractivity contribution in [2.24, 2.45) is 0 Å². The zero-order chi connectivity index (χ0) is 22.6. The van der Waals surface area contributed by atoms with E-state index in [-0.39, 0.29) is 30.0 Å². The molecule has 168 valence electrons. The molecule has 1 aliphatic carbocycles. The molecule has 2 aromatic rings. The number of rotatable bonds is 7. The number of alkyl carbamates (subject to hydrolysis) is 1. The van der Waals surface area contributed by atoms with Crippen LogP contribution in [0.1, 0.15) is 52.0 Å². The molecule has 0 bridgehead atoms. The second-order valence-electron chi connectivity index (χ2n) is 8.44. The van der Waals surface area contributed by atoms with E-state index in [4.69, 9.17) is 9.47 Å². The number of hydrogen-bond donors (Lipinski definition) is 1. The fraction of sp³-hybridized carbons (Fsp3) is 0.400. The Morgan fingerprint density at radius 2 is 1.59 bits per heavy atom. The lowest BCUT2D eigenvalue weighted by Gasteiger charge is -2.40. The number of amides is 3. The van der Waals surface area contributed by atoms with Gasteiger partial charge in [0.2, 0.25) is 0 Å². The van der Waals surface area contributed by atoms with Crippen LogP contribution in [0.4, 0.5) is 4.79 Å². The average Bonchev–Trinajstić information content (AvgIpc) is 3.06. The van der Waals surface area contributed by atoms with Crippen molar-refractivity contribution in [3.63, 3.8) is 0 Å². The van der Waals surface area contributed by atoms with Gasteiger partial charge >= 0.3 is 6.09 Å². The van der Waals surface area contributed by atoms with Gasteiger partial charge in [0, 0.05) is 5.54 Å². The van der Waals surface area contributed by atoms with E-state index in [1.165, 1.54) is 12.0 Å². The largest absolute Gasteiger partial charge is 0.453 e. The fourth-order valence-corrected chi connectivity index (χ4v) is 4.66. The summed E-state index contributed by atoms with van der Waals surface area (Å²) in [7, 11) is 1.37. The molecule has 0 unspecified atom stereocenters. The zero-order valence-electron chi connectivity index (χ0n) is 18.2. The van der Waals surface area contributed by atoms with E-state index in [0.717, 1.165) is 37.7 Å². The van der Waals surface area contributed by atoms with Crippen LogP contribution in [0.5, 0.6) is 0 Å². The first-order valence-electron chi connectivity index (χ1n) is 11.0. The van der Waals surface area contributed by atoms with E-state index in [1.807, 2.05) is 18.2 Å². The highest BCUT2D eigenvalue weighted by atomic mass is 16.5. The number of carbonyl (C=O) groups excluding carboxylic acids is 3. The molecule has 0 spiro atoms. The van der Waals surface area contributed by atoms with Gasteiger partial charge in [-0.2, -0.15) is 0 Å². The second-order valence-corrected chi connectivity index (χ2v) is 8.44. The van der Waals surface area contributed by atoms with Crippen LogP contribution in [0.15, 0.2) is 54.6 Å². The first-order valence-corrected chi connectivity index (χ1v) is 11.0. The highest BCUT2D eigenvalue weighted by molar-refractivity contribution is 6.21. The molecule has 0 atom stereocenters. The quantitative estimate of drug-likeness (QED) is 0.671. The van der Waals surface area contributed by atoms with Crippen LogP contribution >= 0.6 is 0 Å². The Balaban J connectivity index is 1.31. The monoisotopic (exact) mass is 436 g/mol. The summed E-state index contributed by atoms with van der Waals surface area (Å²) in [5, 5.41) is 3.06. The van der Waals surface area contributed by atoms with Crippen molar-refractivity contribution >= 4 is 17.9 Å². The molecule has 2 aromatic carbocycles. The number of benzene rings is 2. The number of nitrogens with one attached hydrogen (secondary N) is 1. The summed E-state index contributed by atoms with van der Waals surface area (Å²) in [5.41, 5.74) is 1.69. The molecule has 1 aliphatic heterocycles. The smallest absolute Gasteiger partial charge is 0.407 e. The van der Waals surface area contributed by atoms with Gasteiger partial charge < -0.3 is 14.8 Å². The topological polar surface area (TPSA) is 84.9 Å². The SMILES string of the molecule is COC(=O)NC1(Cc2ccccc2)CCC(OCCN2C(=O)c3ccccc3C2=O)CC1. The van der Waals surface area contributed by atoms with Crippen molar-refractivity contribution in [2.45, 2.75) is 43.7 Å². The molecule has 7 heteroatoms. The molecule has 0 aromatic heterocycles. The predicted molar refractivity (Wildman–Crippen MR) is 118 cm³/mol. The average molecular weight is 437 g/mol. The van der Waals surface area contributed by atoms with Gasteiger partial charge in [0.25, 0.3) is 11.8 Å². The Hall–Kier alpha value is -3.19. The Labute approximate surface area is 187 Å². The molecule has 2 aliphatic rings. The second kappa shape index (κ2) is 9.53. The van der Waals surface area contributed by atoms with Gasteiger partial charge in [-0.3, -0.25) is 14.5 Å². The van der Waals surface area contributed by atoms with Crippen LogP contribution in [0, 0.1) is 0 Å². The summed E-state index contributed by atoms with van der Waals surface area (Å²) in [4.78, 5) is 38.2. The summed E-state index contributed by atoms with van der Waals surface area (Å²) in [6.45, 7) is 0.532. The van der Waals surface area contributed by atoms with E-state index in [0.29, 0.717) is 17.7 Å². The number of methoxy groups -OCH3 is 1. The standard InChI is InChI=1S/C25H28N2O5/c1-31-24(30)26-25(17-18-7-3-2-4-8-18)13-11-19(12-14-25)32-16-15-27-22(28)20-9-5-6-10-21(20)23(27)29/h2-10,19H,11-17H2,1H3,(H,26,30). The Morgan fingerprint density at radius 3 is 2.19 bits per heavy atom. The van der Waals surface area contributed by atoms with Gasteiger partial charge in [-0.15, -0.1) is 0 Å². The number of imide groups is 1. The van der Waals surface area contributed by atoms with Gasteiger partial charge in [0.1, 0.15) is 0 Å². The summed E-state index contributed by atoms with van der Waals surface area (Å²) in [6.07, 6.45) is 3.39. The van der Waals surface area contributed by atoms with Crippen molar-refractivity contribution in [1.82, 2.24) is 10.2 Å². The molecule has 4 rings (SSSR count). The molecule has 3 amide bonds. The van der Waals surface area contributed by atoms with E-state index in [2.05, 4.69) is 17.4 Å². The van der Waals surface area contributed by atoms with Gasteiger partial charge in [-0.25, -0.2) is 4.79 Å². The van der Waals surface area contributed by atoms with E-state index in [9.17, 15) is 14.4 Å². The number of carbonyl (C=O) groups is 3. The molecular formula is C25H28N2O5. The highest BCUT2D eigenvalue weighted by Gasteiger charge is 2.38. The van der Waals surface area contributed by atoms with Crippen LogP contribution in [-0.2, 0) is 15.9 Å². The maximum Gasteiger partial charge on any atom is 0.407 e. The lowest BCUT2D eigenvalue weighted by Crippen LogP contribution is -2.53. The Morgan fingerprint density at radius 1 is 1.00 bits per heavy atom. The molecule has 1 N–H and O–H groups in total. The number of fused-ring (bicyclic) bond motifs is 1. The van der Waals surface area contributed by atoms with Crippen LogP contribution in [0.3, 0.4) is 0 Å². The van der Waals surface area contributed by atoms with Crippen molar-refractivity contribution < 1.29 is 23.9 Å². The number of nitrogens with zero attached hydrogens (tertiary/aromatic N) is 1. The minimum atomic E-state index is -0.425. The zero-order valence-corrected chi connectivity index (χ0v) is 18.2. The third kappa shape index (κ3) is 4.67. The molecule has 1 fully saturated rings. The van der Waals surface area contributed by atoms with Crippen LogP contribution in [0.2, 0.25) is 0 Å². The molecule has 7 nitrogen and oxygen atoms in total. The summed E-state index contributed by atoms with van der Waals surface area (Å²) in [6, 6.07) is 17.0. The molecule has 0 saturated heterocycles. The maximum absolute atomic E-state index is 12.5. The summed E-state index contributed by atoms with van der Waals surface area (Å²) < 4.78 is 10.9. The van der Waals surface area contributed by atoms with Gasteiger partial charge in [0.15, 0.2) is 0 Å². The minimum Gasteiger partial charge on any atom is -0.453 e. The van der Waals surface area contributed by atoms with Crippen molar-refractivity contribution in [2.75, 3.05) is 20.3 Å². The molecule has 1 saturated carbocycles. The highest BCUT2D eigenvalue weighted by Crippen LogP contribution is 2.33. The third-order valence-corrected chi connectivity index (χ3v) is 6.37. The van der Waals surface area contributed by atoms with Crippen molar-refractivity contribution in [1.29, 1.82) is 0 Å². The Bertz CT molecular complexity index is 948. The van der Waals surface area contributed by atoms with E-state index >= 15 is 0 Å². The third-order valence-electron chi connectivity index (χ3n) is 6.37. The predicted octanol–water partition coefficient (Wildman–Crippen LogP) is 3.58. The van der Waals surface area contributed by atoms with Crippen molar-refractivity contribution in [3.05, 3.63) is 71.3 Å². The van der Waals surface area contributed by atoms with Gasteiger partial charge in [0.05, 0.1) is 37.5 Å². The number of ether oxygens (including phenoxy) is 2. The minimum absolute atomic E-state index is 0.0218. The van der Waals surface area contributed by atoms with Crippen LogP contribution in [0.25, 0.3) is 0 Å². The summed E-state index contributed by atoms with van der Waals surface area (Å²) >= 11 is 0. The van der Waals surface area contributed by atoms with Gasteiger partial charge in [-0.05, 0) is 49.8 Å². The molecule has 32 heavy (non-hydrogen) atoms. The lowest BCUT2D eigenvalue weighted by molar-refractivity contribution is 0.000589. The molecule has 0 radical (unpaired) electrons. The lowest BCUT2D eigenvalue weighted by atomic mass is 9.76. The Kier molecular flexibility index (Phi) is 6.55. The normalized spacial score (nSPS) is 22.5. The molecular weight excluding hydrogens is 408 g/mol. The maximum atomic E-state index is 12.5. The van der Waals surface area contributed by atoms with E-state index in [1.54, 1.807) is 24.3 Å². The summed E-state index contributed by atoms with van der Waals surface area (Å²) in [5.74, 6) is -0.524. The number of hydrogen-bond acceptors (Lipinski definition) is 5.